The van der Waals surface area contributed by atoms with Crippen molar-refractivity contribution in [3.63, 3.8) is 0 Å². The van der Waals surface area contributed by atoms with Gasteiger partial charge in [0.25, 0.3) is 0 Å². The van der Waals surface area contributed by atoms with Crippen LogP contribution in [0.15, 0.2) is 12.7 Å². The predicted octanol–water partition coefficient (Wildman–Crippen LogP) is -0.0664. The van der Waals surface area contributed by atoms with E-state index in [1.54, 1.807) is 14.0 Å². The lowest BCUT2D eigenvalue weighted by molar-refractivity contribution is -0.137. The fourth-order valence-electron chi connectivity index (χ4n) is 0.313. The molecule has 0 aliphatic rings. The van der Waals surface area contributed by atoms with Gasteiger partial charge in [0.05, 0.1) is 13.2 Å². The lowest BCUT2D eigenvalue weighted by atomic mass is 10.6. The highest BCUT2D eigenvalue weighted by Gasteiger charge is 1.86. The Hall–Kier alpha value is -0.870. The van der Waals surface area contributed by atoms with Gasteiger partial charge in [0.15, 0.2) is 0 Å². The van der Waals surface area contributed by atoms with Gasteiger partial charge in [-0.05, 0) is 14.0 Å². The molecule has 0 aliphatic carbocycles. The van der Waals surface area contributed by atoms with E-state index in [9.17, 15) is 4.79 Å². The van der Waals surface area contributed by atoms with Crippen molar-refractivity contribution in [2.75, 3.05) is 26.8 Å². The first-order valence-corrected chi connectivity index (χ1v) is 3.77. The summed E-state index contributed by atoms with van der Waals surface area (Å²) in [6.45, 7) is 6.30. The Morgan fingerprint density at radius 1 is 1.75 bits per heavy atom. The maximum atomic E-state index is 10.1. The van der Waals surface area contributed by atoms with Crippen LogP contribution in [0.25, 0.3) is 0 Å². The van der Waals surface area contributed by atoms with Crippen molar-refractivity contribution in [3.05, 3.63) is 12.7 Å². The van der Waals surface area contributed by atoms with Gasteiger partial charge in [-0.1, -0.05) is 6.58 Å². The third kappa shape index (κ3) is 16.1. The molecule has 0 amide bonds. The molecule has 4 heteroatoms. The average Bonchev–Trinajstić information content (AvgIpc) is 2.07. The summed E-state index contributed by atoms with van der Waals surface area (Å²) in [6.07, 6.45) is 1.14. The topological polar surface area (TPSA) is 58.6 Å². The summed E-state index contributed by atoms with van der Waals surface area (Å²) < 4.78 is 4.43. The van der Waals surface area contributed by atoms with Crippen LogP contribution in [0.4, 0.5) is 0 Å². The van der Waals surface area contributed by atoms with Gasteiger partial charge >= 0.3 is 5.97 Å². The average molecular weight is 175 g/mol. The first-order valence-electron chi connectivity index (χ1n) is 3.77. The molecule has 0 fully saturated rings. The Morgan fingerprint density at radius 3 is 2.42 bits per heavy atom. The van der Waals surface area contributed by atoms with Crippen molar-refractivity contribution < 1.29 is 14.6 Å². The van der Waals surface area contributed by atoms with Crippen molar-refractivity contribution in [2.24, 2.45) is 0 Å². The quantitative estimate of drug-likeness (QED) is 0.464. The summed E-state index contributed by atoms with van der Waals surface area (Å²) in [7, 11) is 1.80. The molecule has 0 atom stereocenters. The molecule has 12 heavy (non-hydrogen) atoms. The van der Waals surface area contributed by atoms with Gasteiger partial charge in [-0.3, -0.25) is 0 Å². The lowest BCUT2D eigenvalue weighted by Crippen LogP contribution is -2.10. The summed E-state index contributed by atoms with van der Waals surface area (Å²) >= 11 is 0. The second kappa shape index (κ2) is 12.8. The molecule has 0 aliphatic heterocycles. The second-order valence-corrected chi connectivity index (χ2v) is 1.78. The van der Waals surface area contributed by atoms with E-state index in [0.29, 0.717) is 13.2 Å². The standard InChI is InChI=1S/C5H8O2.C3H9NO/c1-3-5(6)7-4-2;1-4-2-3-5/h3H,1,4H2,2H3;4-5H,2-3H2,1H3. The van der Waals surface area contributed by atoms with Crippen LogP contribution in [0.3, 0.4) is 0 Å². The SMILES string of the molecule is C=CC(=O)OCC.CNCCO. The van der Waals surface area contributed by atoms with Crippen LogP contribution in [0.1, 0.15) is 6.92 Å². The van der Waals surface area contributed by atoms with Crippen LogP contribution in [0.5, 0.6) is 0 Å². The summed E-state index contributed by atoms with van der Waals surface area (Å²) in [5.74, 6) is -0.359. The molecule has 0 aromatic heterocycles. The van der Waals surface area contributed by atoms with E-state index < -0.39 is 0 Å². The molecule has 2 N–H and O–H groups in total. The van der Waals surface area contributed by atoms with Crippen LogP contribution in [0, 0.1) is 0 Å². The number of hydrogen-bond acceptors (Lipinski definition) is 4. The van der Waals surface area contributed by atoms with Gasteiger partial charge in [0, 0.05) is 12.6 Å². The fourth-order valence-corrected chi connectivity index (χ4v) is 0.313. The molecule has 0 bridgehead atoms. The maximum absolute atomic E-state index is 10.1. The minimum absolute atomic E-state index is 0.233. The Labute approximate surface area is 73.2 Å². The third-order valence-electron chi connectivity index (χ3n) is 0.815. The second-order valence-electron chi connectivity index (χ2n) is 1.78. The maximum Gasteiger partial charge on any atom is 0.330 e. The molecular formula is C8H17NO3. The number of esters is 1. The Balaban J connectivity index is 0. The van der Waals surface area contributed by atoms with Gasteiger partial charge in [0.2, 0.25) is 0 Å². The summed E-state index contributed by atoms with van der Waals surface area (Å²) in [4.78, 5) is 10.1. The summed E-state index contributed by atoms with van der Waals surface area (Å²) in [5.41, 5.74) is 0. The zero-order chi connectivity index (χ0) is 9.82. The van der Waals surface area contributed by atoms with Crippen molar-refractivity contribution in [1.29, 1.82) is 0 Å². The van der Waals surface area contributed by atoms with E-state index in [0.717, 1.165) is 6.08 Å². The minimum atomic E-state index is -0.359. The lowest BCUT2D eigenvalue weighted by Gasteiger charge is -1.90. The zero-order valence-corrected chi connectivity index (χ0v) is 7.67. The molecule has 0 aromatic rings. The molecule has 0 spiro atoms. The first kappa shape index (κ1) is 13.7. The van der Waals surface area contributed by atoms with Crippen molar-refractivity contribution in [2.45, 2.75) is 6.92 Å². The van der Waals surface area contributed by atoms with Gasteiger partial charge < -0.3 is 15.2 Å². The fraction of sp³-hybridized carbons (Fsp3) is 0.625. The van der Waals surface area contributed by atoms with Crippen LogP contribution in [0.2, 0.25) is 0 Å². The predicted molar refractivity (Wildman–Crippen MR) is 47.8 cm³/mol. The van der Waals surface area contributed by atoms with Gasteiger partial charge in [-0.15, -0.1) is 0 Å². The van der Waals surface area contributed by atoms with Crippen molar-refractivity contribution in [3.8, 4) is 0 Å². The number of hydrogen-bond donors (Lipinski definition) is 2. The van der Waals surface area contributed by atoms with E-state index in [1.807, 2.05) is 0 Å². The van der Waals surface area contributed by atoms with Crippen LogP contribution < -0.4 is 5.32 Å². The Bertz CT molecular complexity index is 113. The number of carbonyl (C=O) groups is 1. The third-order valence-corrected chi connectivity index (χ3v) is 0.815. The first-order chi connectivity index (χ1) is 5.72. The molecule has 0 rings (SSSR count). The van der Waals surface area contributed by atoms with Gasteiger partial charge in [-0.2, -0.15) is 0 Å². The highest BCUT2D eigenvalue weighted by atomic mass is 16.5. The smallest absolute Gasteiger partial charge is 0.330 e. The molecular weight excluding hydrogens is 158 g/mol. The molecule has 72 valence electrons. The number of nitrogens with one attached hydrogen (secondary N) is 1. The number of ether oxygens (including phenoxy) is 1. The molecule has 0 unspecified atom stereocenters. The monoisotopic (exact) mass is 175 g/mol. The largest absolute Gasteiger partial charge is 0.463 e. The van der Waals surface area contributed by atoms with E-state index in [4.69, 9.17) is 5.11 Å². The normalized spacial score (nSPS) is 7.92. The summed E-state index contributed by atoms with van der Waals surface area (Å²) in [5, 5.41) is 10.8. The van der Waals surface area contributed by atoms with E-state index in [1.165, 1.54) is 0 Å². The minimum Gasteiger partial charge on any atom is -0.463 e. The number of aliphatic hydroxyl groups excluding tert-OH is 1. The van der Waals surface area contributed by atoms with Crippen molar-refractivity contribution in [1.82, 2.24) is 5.32 Å². The Kier molecular flexibility index (Phi) is 14.6. The molecule has 0 radical (unpaired) electrons. The molecule has 0 heterocycles. The van der Waals surface area contributed by atoms with Crippen LogP contribution in [-0.4, -0.2) is 37.9 Å². The van der Waals surface area contributed by atoms with Crippen molar-refractivity contribution >= 4 is 5.97 Å². The number of carbonyl (C=O) groups excluding carboxylic acids is 1. The van der Waals surface area contributed by atoms with E-state index in [-0.39, 0.29) is 12.6 Å². The number of likely N-dealkylation sites (N-methyl/N-ethyl adjacent to an activating group) is 1. The molecule has 4 nitrogen and oxygen atoms in total. The molecule has 0 saturated heterocycles. The highest BCUT2D eigenvalue weighted by molar-refractivity contribution is 5.81. The number of rotatable bonds is 4. The molecule has 0 aromatic carbocycles. The van der Waals surface area contributed by atoms with E-state index >= 15 is 0 Å². The Morgan fingerprint density at radius 2 is 2.33 bits per heavy atom. The molecule has 0 saturated carbocycles. The van der Waals surface area contributed by atoms with Gasteiger partial charge in [0.1, 0.15) is 0 Å². The van der Waals surface area contributed by atoms with Crippen LogP contribution >= 0.6 is 0 Å². The van der Waals surface area contributed by atoms with Crippen LogP contribution in [-0.2, 0) is 9.53 Å². The van der Waals surface area contributed by atoms with E-state index in [2.05, 4.69) is 16.6 Å². The zero-order valence-electron chi connectivity index (χ0n) is 7.67. The number of aliphatic hydroxyl groups is 1. The highest BCUT2D eigenvalue weighted by Crippen LogP contribution is 1.74. The van der Waals surface area contributed by atoms with Gasteiger partial charge in [-0.25, -0.2) is 4.79 Å². The summed E-state index contributed by atoms with van der Waals surface area (Å²) in [6, 6.07) is 0.